The zero-order valence-corrected chi connectivity index (χ0v) is 16.1. The maximum absolute atomic E-state index is 12.5. The number of methoxy groups -OCH3 is 2. The highest BCUT2D eigenvalue weighted by Gasteiger charge is 2.48. The topological polar surface area (TPSA) is 59.6 Å². The zero-order valence-electron chi connectivity index (χ0n) is 15.3. The van der Waals surface area contributed by atoms with Gasteiger partial charge in [0.2, 0.25) is 0 Å². The number of rotatable bonds is 4. The van der Waals surface area contributed by atoms with Gasteiger partial charge in [-0.15, -0.1) is 0 Å². The Morgan fingerprint density at radius 3 is 2.19 bits per heavy atom. The molecule has 4 saturated carbocycles. The van der Waals surface area contributed by atoms with Crippen LogP contribution in [-0.2, 0) is 0 Å². The summed E-state index contributed by atoms with van der Waals surface area (Å²) in [4.78, 5) is 12.5. The number of benzene rings is 1. The molecule has 0 aliphatic heterocycles. The molecule has 4 fully saturated rings. The fourth-order valence-corrected chi connectivity index (χ4v) is 5.73. The SMILES string of the molecule is COc1ccc(C(=O)NC(=S)NC2C3CC4CC(C3)CC2C4)cc1OC. The molecule has 140 valence electrons. The van der Waals surface area contributed by atoms with Crippen LogP contribution in [0.3, 0.4) is 0 Å². The fraction of sp³-hybridized carbons (Fsp3) is 0.600. The first-order valence-electron chi connectivity index (χ1n) is 9.41. The predicted molar refractivity (Wildman–Crippen MR) is 104 cm³/mol. The van der Waals surface area contributed by atoms with E-state index in [0.29, 0.717) is 40.1 Å². The van der Waals surface area contributed by atoms with Crippen molar-refractivity contribution in [1.82, 2.24) is 10.6 Å². The van der Waals surface area contributed by atoms with Gasteiger partial charge in [-0.2, -0.15) is 0 Å². The number of carbonyl (C=O) groups is 1. The number of carbonyl (C=O) groups excluding carboxylic acids is 1. The molecule has 4 aliphatic carbocycles. The molecule has 1 amide bonds. The first kappa shape index (κ1) is 17.6. The Bertz CT molecular complexity index is 693. The van der Waals surface area contributed by atoms with E-state index in [0.717, 1.165) is 11.8 Å². The second kappa shape index (κ2) is 7.06. The lowest BCUT2D eigenvalue weighted by atomic mass is 9.54. The predicted octanol–water partition coefficient (Wildman–Crippen LogP) is 3.13. The van der Waals surface area contributed by atoms with Crippen LogP contribution in [0.5, 0.6) is 11.5 Å². The molecular weight excluding hydrogens is 348 g/mol. The Kier molecular flexibility index (Phi) is 4.78. The van der Waals surface area contributed by atoms with Crippen molar-refractivity contribution in [3.05, 3.63) is 23.8 Å². The van der Waals surface area contributed by atoms with Crippen molar-refractivity contribution in [3.63, 3.8) is 0 Å². The number of thiocarbonyl (C=S) groups is 1. The van der Waals surface area contributed by atoms with Crippen LogP contribution in [-0.4, -0.2) is 31.3 Å². The Morgan fingerprint density at radius 1 is 1.00 bits per heavy atom. The van der Waals surface area contributed by atoms with E-state index in [9.17, 15) is 4.79 Å². The van der Waals surface area contributed by atoms with E-state index in [-0.39, 0.29) is 5.91 Å². The van der Waals surface area contributed by atoms with Crippen molar-refractivity contribution in [2.24, 2.45) is 23.7 Å². The third-order valence-corrected chi connectivity index (χ3v) is 6.62. The summed E-state index contributed by atoms with van der Waals surface area (Å²) in [5.74, 6) is 4.16. The molecule has 0 aromatic heterocycles. The van der Waals surface area contributed by atoms with Crippen LogP contribution in [0.4, 0.5) is 0 Å². The smallest absolute Gasteiger partial charge is 0.257 e. The van der Waals surface area contributed by atoms with Crippen LogP contribution in [0.25, 0.3) is 0 Å². The average Bonchev–Trinajstić information content (AvgIpc) is 2.63. The number of hydrogen-bond acceptors (Lipinski definition) is 4. The van der Waals surface area contributed by atoms with Gasteiger partial charge in [0.25, 0.3) is 5.91 Å². The van der Waals surface area contributed by atoms with Gasteiger partial charge in [-0.05, 0) is 86.2 Å². The summed E-state index contributed by atoms with van der Waals surface area (Å²) < 4.78 is 10.5. The molecule has 0 saturated heterocycles. The average molecular weight is 375 g/mol. The molecule has 6 heteroatoms. The largest absolute Gasteiger partial charge is 0.493 e. The van der Waals surface area contributed by atoms with Crippen LogP contribution in [0, 0.1) is 23.7 Å². The quantitative estimate of drug-likeness (QED) is 0.793. The maximum atomic E-state index is 12.5. The van der Waals surface area contributed by atoms with Crippen molar-refractivity contribution < 1.29 is 14.3 Å². The van der Waals surface area contributed by atoms with Crippen molar-refractivity contribution in [2.45, 2.75) is 38.1 Å². The minimum atomic E-state index is -0.229. The first-order chi connectivity index (χ1) is 12.6. The summed E-state index contributed by atoms with van der Waals surface area (Å²) in [7, 11) is 3.12. The normalized spacial score (nSPS) is 31.4. The second-order valence-corrected chi connectivity index (χ2v) is 8.36. The molecule has 2 N–H and O–H groups in total. The molecule has 26 heavy (non-hydrogen) atoms. The lowest BCUT2D eigenvalue weighted by Crippen LogP contribution is -2.57. The molecule has 1 aromatic rings. The van der Waals surface area contributed by atoms with Crippen LogP contribution >= 0.6 is 12.2 Å². The van der Waals surface area contributed by atoms with Gasteiger partial charge in [-0.3, -0.25) is 10.1 Å². The Balaban J connectivity index is 1.38. The van der Waals surface area contributed by atoms with Gasteiger partial charge in [0.05, 0.1) is 14.2 Å². The maximum Gasteiger partial charge on any atom is 0.257 e. The summed E-state index contributed by atoms with van der Waals surface area (Å²) >= 11 is 5.44. The Labute approximate surface area is 159 Å². The Hall–Kier alpha value is -1.82. The van der Waals surface area contributed by atoms with E-state index in [4.69, 9.17) is 21.7 Å². The van der Waals surface area contributed by atoms with Gasteiger partial charge < -0.3 is 14.8 Å². The summed E-state index contributed by atoms with van der Waals surface area (Å²) in [5.41, 5.74) is 0.497. The van der Waals surface area contributed by atoms with Crippen LogP contribution in [0.15, 0.2) is 18.2 Å². The summed E-state index contributed by atoms with van der Waals surface area (Å²) in [6.07, 6.45) is 6.70. The molecule has 0 radical (unpaired) electrons. The molecule has 5 nitrogen and oxygen atoms in total. The van der Waals surface area contributed by atoms with Gasteiger partial charge in [-0.25, -0.2) is 0 Å². The minimum absolute atomic E-state index is 0.229. The Morgan fingerprint density at radius 2 is 1.62 bits per heavy atom. The van der Waals surface area contributed by atoms with E-state index in [1.807, 2.05) is 0 Å². The molecule has 4 bridgehead atoms. The molecule has 4 aliphatic rings. The number of hydrogen-bond donors (Lipinski definition) is 2. The van der Waals surface area contributed by atoms with E-state index < -0.39 is 0 Å². The highest BCUT2D eigenvalue weighted by atomic mass is 32.1. The minimum Gasteiger partial charge on any atom is -0.493 e. The summed E-state index contributed by atoms with van der Waals surface area (Å²) in [6.45, 7) is 0. The van der Waals surface area contributed by atoms with E-state index >= 15 is 0 Å². The number of nitrogens with one attached hydrogen (secondary N) is 2. The molecule has 0 heterocycles. The molecular formula is C20H26N2O3S. The van der Waals surface area contributed by atoms with E-state index in [1.165, 1.54) is 32.1 Å². The van der Waals surface area contributed by atoms with Gasteiger partial charge in [-0.1, -0.05) is 0 Å². The van der Waals surface area contributed by atoms with Gasteiger partial charge in [0.1, 0.15) is 0 Å². The highest BCUT2D eigenvalue weighted by Crippen LogP contribution is 2.53. The molecule has 1 aromatic carbocycles. The molecule has 0 unspecified atom stereocenters. The molecule has 0 atom stereocenters. The molecule has 5 rings (SSSR count). The standard InChI is InChI=1S/C20H26N2O3S/c1-24-16-4-3-13(10-17(16)25-2)19(23)22-20(26)21-18-14-6-11-5-12(8-14)9-15(18)7-11/h3-4,10-12,14-15,18H,5-9H2,1-2H3,(H2,21,22,23,26). The molecule has 0 spiro atoms. The fourth-order valence-electron chi connectivity index (χ4n) is 5.50. The summed E-state index contributed by atoms with van der Waals surface area (Å²) in [6, 6.07) is 5.52. The third-order valence-electron chi connectivity index (χ3n) is 6.40. The third kappa shape index (κ3) is 3.27. The van der Waals surface area contributed by atoms with E-state index in [2.05, 4.69) is 10.6 Å². The van der Waals surface area contributed by atoms with Crippen LogP contribution in [0.1, 0.15) is 42.5 Å². The monoisotopic (exact) mass is 374 g/mol. The van der Waals surface area contributed by atoms with E-state index in [1.54, 1.807) is 32.4 Å². The first-order valence-corrected chi connectivity index (χ1v) is 9.82. The zero-order chi connectivity index (χ0) is 18.3. The summed E-state index contributed by atoms with van der Waals surface area (Å²) in [5, 5.41) is 6.72. The van der Waals surface area contributed by atoms with Crippen molar-refractivity contribution >= 4 is 23.2 Å². The van der Waals surface area contributed by atoms with Gasteiger partial charge >= 0.3 is 0 Å². The number of amides is 1. The number of ether oxygens (including phenoxy) is 2. The van der Waals surface area contributed by atoms with Crippen LogP contribution in [0.2, 0.25) is 0 Å². The van der Waals surface area contributed by atoms with Gasteiger partial charge in [0.15, 0.2) is 16.6 Å². The van der Waals surface area contributed by atoms with Crippen molar-refractivity contribution in [2.75, 3.05) is 14.2 Å². The van der Waals surface area contributed by atoms with Crippen LogP contribution < -0.4 is 20.1 Å². The van der Waals surface area contributed by atoms with Crippen molar-refractivity contribution in [3.8, 4) is 11.5 Å². The van der Waals surface area contributed by atoms with Crippen molar-refractivity contribution in [1.29, 1.82) is 0 Å². The second-order valence-electron chi connectivity index (χ2n) is 7.95. The lowest BCUT2D eigenvalue weighted by Gasteiger charge is -2.54. The highest BCUT2D eigenvalue weighted by molar-refractivity contribution is 7.80. The van der Waals surface area contributed by atoms with Gasteiger partial charge in [0, 0.05) is 11.6 Å². The lowest BCUT2D eigenvalue weighted by molar-refractivity contribution is -0.00692.